The predicted octanol–water partition coefficient (Wildman–Crippen LogP) is 3.59. The zero-order chi connectivity index (χ0) is 15.2. The monoisotopic (exact) mass is 285 g/mol. The van der Waals surface area contributed by atoms with E-state index in [0.717, 1.165) is 11.3 Å². The van der Waals surface area contributed by atoms with Crippen molar-refractivity contribution in [2.75, 3.05) is 14.2 Å². The lowest BCUT2D eigenvalue weighted by atomic mass is 10.1. The zero-order valence-electron chi connectivity index (χ0n) is 12.4. The molecule has 1 N–H and O–H groups in total. The van der Waals surface area contributed by atoms with Crippen LogP contribution in [0.25, 0.3) is 0 Å². The molecule has 0 radical (unpaired) electrons. The Balaban J connectivity index is 2.25. The van der Waals surface area contributed by atoms with Gasteiger partial charge in [-0.05, 0) is 25.1 Å². The molecular weight excluding hydrogens is 266 g/mol. The molecule has 0 fully saturated rings. The average Bonchev–Trinajstić information content (AvgIpc) is 2.53. The lowest BCUT2D eigenvalue weighted by Gasteiger charge is -2.12. The molecule has 21 heavy (non-hydrogen) atoms. The molecule has 0 bridgehead atoms. The van der Waals surface area contributed by atoms with Gasteiger partial charge >= 0.3 is 0 Å². The van der Waals surface area contributed by atoms with Crippen LogP contribution in [0.5, 0.6) is 17.2 Å². The second kappa shape index (κ2) is 6.79. The van der Waals surface area contributed by atoms with Gasteiger partial charge in [0.2, 0.25) is 0 Å². The number of ether oxygens (including phenoxy) is 2. The lowest BCUT2D eigenvalue weighted by Crippen LogP contribution is -1.96. The van der Waals surface area contributed by atoms with E-state index in [4.69, 9.17) is 9.47 Å². The third-order valence-corrected chi connectivity index (χ3v) is 3.28. The summed E-state index contributed by atoms with van der Waals surface area (Å²) in [6.45, 7) is 1.98. The van der Waals surface area contributed by atoms with Crippen molar-refractivity contribution in [3.63, 3.8) is 0 Å². The van der Waals surface area contributed by atoms with Crippen molar-refractivity contribution in [2.45, 2.75) is 13.0 Å². The van der Waals surface area contributed by atoms with E-state index in [1.165, 1.54) is 7.11 Å². The zero-order valence-corrected chi connectivity index (χ0v) is 12.4. The number of phenols is 1. The fourth-order valence-electron chi connectivity index (χ4n) is 2.09. The Morgan fingerprint density at radius 1 is 1.00 bits per heavy atom. The Hall–Kier alpha value is -2.49. The van der Waals surface area contributed by atoms with E-state index in [1.54, 1.807) is 25.5 Å². The summed E-state index contributed by atoms with van der Waals surface area (Å²) in [5.41, 5.74) is 1.62. The first-order valence-corrected chi connectivity index (χ1v) is 6.69. The summed E-state index contributed by atoms with van der Waals surface area (Å²) in [6, 6.07) is 13.0. The van der Waals surface area contributed by atoms with Crippen LogP contribution in [0.1, 0.15) is 24.1 Å². The molecule has 2 aromatic carbocycles. The topological polar surface area (TPSA) is 51.0 Å². The number of nitrogens with zero attached hydrogens (tertiary/aromatic N) is 1. The molecule has 110 valence electrons. The van der Waals surface area contributed by atoms with E-state index < -0.39 is 0 Å². The fraction of sp³-hybridized carbons (Fsp3) is 0.235. The molecule has 4 heteroatoms. The highest BCUT2D eigenvalue weighted by Gasteiger charge is 2.10. The van der Waals surface area contributed by atoms with E-state index in [2.05, 4.69) is 4.99 Å². The number of phenolic OH excluding ortho intramolecular Hbond substituents is 1. The number of hydrogen-bond acceptors (Lipinski definition) is 4. The van der Waals surface area contributed by atoms with E-state index in [1.807, 2.05) is 37.3 Å². The van der Waals surface area contributed by atoms with Crippen molar-refractivity contribution in [1.82, 2.24) is 0 Å². The van der Waals surface area contributed by atoms with Gasteiger partial charge in [0.15, 0.2) is 11.5 Å². The number of rotatable bonds is 5. The Morgan fingerprint density at radius 2 is 1.67 bits per heavy atom. The molecule has 0 heterocycles. The van der Waals surface area contributed by atoms with Gasteiger partial charge in [-0.3, -0.25) is 4.99 Å². The Bertz CT molecular complexity index is 638. The summed E-state index contributed by atoms with van der Waals surface area (Å²) in [5.74, 6) is 1.33. The van der Waals surface area contributed by atoms with Gasteiger partial charge in [-0.15, -0.1) is 0 Å². The molecule has 1 atom stereocenters. The maximum absolute atomic E-state index is 10.0. The number of aromatic hydroxyl groups is 1. The van der Waals surface area contributed by atoms with Crippen LogP contribution < -0.4 is 9.47 Å². The highest BCUT2D eigenvalue weighted by Crippen LogP contribution is 2.30. The van der Waals surface area contributed by atoms with E-state index in [0.29, 0.717) is 11.3 Å². The third kappa shape index (κ3) is 3.34. The summed E-state index contributed by atoms with van der Waals surface area (Å²) >= 11 is 0. The lowest BCUT2D eigenvalue weighted by molar-refractivity contribution is 0.373. The maximum atomic E-state index is 10.0. The van der Waals surface area contributed by atoms with Gasteiger partial charge in [-0.25, -0.2) is 0 Å². The SMILES string of the molecule is COc1ccccc1[C@@H](C)N=Cc1cccc(OC)c1O. The Kier molecular flexibility index (Phi) is 4.82. The summed E-state index contributed by atoms with van der Waals surface area (Å²) in [7, 11) is 3.16. The molecule has 0 aliphatic rings. The Labute approximate surface area is 124 Å². The highest BCUT2D eigenvalue weighted by molar-refractivity contribution is 5.85. The standard InChI is InChI=1S/C17H19NO3/c1-12(14-8-4-5-9-15(14)20-2)18-11-13-7-6-10-16(21-3)17(13)19/h4-12,19H,1-3H3/t12-/m1/s1. The number of aliphatic imine (C=N–C) groups is 1. The quantitative estimate of drug-likeness (QED) is 0.854. The number of para-hydroxylation sites is 2. The predicted molar refractivity (Wildman–Crippen MR) is 83.7 cm³/mol. The van der Waals surface area contributed by atoms with Crippen molar-refractivity contribution < 1.29 is 14.6 Å². The molecule has 0 amide bonds. The molecule has 0 aliphatic heterocycles. The van der Waals surface area contributed by atoms with Crippen LogP contribution >= 0.6 is 0 Å². The minimum Gasteiger partial charge on any atom is -0.504 e. The van der Waals surface area contributed by atoms with Crippen LogP contribution in [-0.2, 0) is 0 Å². The van der Waals surface area contributed by atoms with E-state index in [-0.39, 0.29) is 11.8 Å². The van der Waals surface area contributed by atoms with Crippen LogP contribution in [0.15, 0.2) is 47.5 Å². The molecule has 0 aliphatic carbocycles. The fourth-order valence-corrected chi connectivity index (χ4v) is 2.09. The molecule has 0 saturated heterocycles. The first kappa shape index (κ1) is 14.9. The molecular formula is C17H19NO3. The second-order valence-corrected chi connectivity index (χ2v) is 4.59. The van der Waals surface area contributed by atoms with Crippen LogP contribution in [0.4, 0.5) is 0 Å². The van der Waals surface area contributed by atoms with Crippen LogP contribution in [-0.4, -0.2) is 25.5 Å². The van der Waals surface area contributed by atoms with E-state index in [9.17, 15) is 5.11 Å². The van der Waals surface area contributed by atoms with Crippen LogP contribution in [0.2, 0.25) is 0 Å². The van der Waals surface area contributed by atoms with Gasteiger partial charge in [0.05, 0.1) is 20.3 Å². The van der Waals surface area contributed by atoms with Gasteiger partial charge in [0.25, 0.3) is 0 Å². The molecule has 0 saturated carbocycles. The first-order chi connectivity index (χ1) is 10.2. The summed E-state index contributed by atoms with van der Waals surface area (Å²) in [6.07, 6.45) is 1.65. The number of benzene rings is 2. The third-order valence-electron chi connectivity index (χ3n) is 3.28. The molecule has 4 nitrogen and oxygen atoms in total. The highest BCUT2D eigenvalue weighted by atomic mass is 16.5. The maximum Gasteiger partial charge on any atom is 0.166 e. The molecule has 0 spiro atoms. The van der Waals surface area contributed by atoms with E-state index >= 15 is 0 Å². The second-order valence-electron chi connectivity index (χ2n) is 4.59. The number of hydrogen-bond donors (Lipinski definition) is 1. The smallest absolute Gasteiger partial charge is 0.166 e. The number of methoxy groups -OCH3 is 2. The summed E-state index contributed by atoms with van der Waals surface area (Å²) in [5, 5.41) is 10.0. The first-order valence-electron chi connectivity index (χ1n) is 6.69. The van der Waals surface area contributed by atoms with Crippen molar-refractivity contribution in [3.05, 3.63) is 53.6 Å². The molecule has 2 aromatic rings. The van der Waals surface area contributed by atoms with Gasteiger partial charge in [-0.2, -0.15) is 0 Å². The van der Waals surface area contributed by atoms with Gasteiger partial charge in [0.1, 0.15) is 5.75 Å². The van der Waals surface area contributed by atoms with Crippen molar-refractivity contribution in [3.8, 4) is 17.2 Å². The van der Waals surface area contributed by atoms with Crippen LogP contribution in [0.3, 0.4) is 0 Å². The van der Waals surface area contributed by atoms with Crippen molar-refractivity contribution in [2.24, 2.45) is 4.99 Å². The van der Waals surface area contributed by atoms with Crippen molar-refractivity contribution >= 4 is 6.21 Å². The molecule has 0 aromatic heterocycles. The average molecular weight is 285 g/mol. The minimum absolute atomic E-state index is 0.0771. The Morgan fingerprint density at radius 3 is 2.38 bits per heavy atom. The summed E-state index contributed by atoms with van der Waals surface area (Å²) < 4.78 is 10.4. The van der Waals surface area contributed by atoms with Crippen LogP contribution in [0, 0.1) is 0 Å². The molecule has 2 rings (SSSR count). The molecule has 0 unspecified atom stereocenters. The normalized spacial score (nSPS) is 12.3. The van der Waals surface area contributed by atoms with Gasteiger partial charge < -0.3 is 14.6 Å². The summed E-state index contributed by atoms with van der Waals surface area (Å²) in [4.78, 5) is 4.49. The van der Waals surface area contributed by atoms with Crippen molar-refractivity contribution in [1.29, 1.82) is 0 Å². The van der Waals surface area contributed by atoms with Gasteiger partial charge in [0, 0.05) is 17.3 Å². The van der Waals surface area contributed by atoms with Gasteiger partial charge in [-0.1, -0.05) is 24.3 Å². The minimum atomic E-state index is -0.0771. The largest absolute Gasteiger partial charge is 0.504 e.